The van der Waals surface area contributed by atoms with E-state index in [1.165, 1.54) is 6.07 Å². The standard InChI is InChI=1S/C17H22F3N3O2/c1-16(2,3)25-15(24)23-12-5-6-13(23)10-22(9-12)14-7-4-11(8-21-14)17(18,19)20/h4,7-8,12-13H,5-6,9-10H2,1-3H3. The van der Waals surface area contributed by atoms with E-state index in [0.29, 0.717) is 18.9 Å². The summed E-state index contributed by atoms with van der Waals surface area (Å²) in [6.07, 6.45) is -2.13. The van der Waals surface area contributed by atoms with E-state index in [0.717, 1.165) is 25.1 Å². The first-order chi connectivity index (χ1) is 11.5. The van der Waals surface area contributed by atoms with Crippen LogP contribution in [0.4, 0.5) is 23.8 Å². The Morgan fingerprint density at radius 3 is 2.20 bits per heavy atom. The number of piperazine rings is 1. The van der Waals surface area contributed by atoms with Gasteiger partial charge in [0.2, 0.25) is 0 Å². The summed E-state index contributed by atoms with van der Waals surface area (Å²) >= 11 is 0. The fraction of sp³-hybridized carbons (Fsp3) is 0.647. The monoisotopic (exact) mass is 357 g/mol. The lowest BCUT2D eigenvalue weighted by Crippen LogP contribution is -2.57. The van der Waals surface area contributed by atoms with E-state index in [1.807, 2.05) is 25.7 Å². The first-order valence-corrected chi connectivity index (χ1v) is 8.34. The lowest BCUT2D eigenvalue weighted by molar-refractivity contribution is -0.137. The highest BCUT2D eigenvalue weighted by Crippen LogP contribution is 2.34. The molecule has 3 heterocycles. The number of halogens is 3. The molecule has 2 fully saturated rings. The zero-order valence-corrected chi connectivity index (χ0v) is 14.5. The number of aromatic nitrogens is 1. The number of fused-ring (bicyclic) bond motifs is 2. The maximum Gasteiger partial charge on any atom is 0.417 e. The van der Waals surface area contributed by atoms with Crippen molar-refractivity contribution in [3.63, 3.8) is 0 Å². The highest BCUT2D eigenvalue weighted by atomic mass is 19.4. The van der Waals surface area contributed by atoms with E-state index in [1.54, 1.807) is 4.90 Å². The molecule has 0 radical (unpaired) electrons. The average molecular weight is 357 g/mol. The van der Waals surface area contributed by atoms with Crippen molar-refractivity contribution in [1.29, 1.82) is 0 Å². The SMILES string of the molecule is CC(C)(C)OC(=O)N1C2CCC1CN(c1ccc(C(F)(F)F)cn1)C2. The molecule has 0 saturated carbocycles. The van der Waals surface area contributed by atoms with Crippen LogP contribution < -0.4 is 4.90 Å². The smallest absolute Gasteiger partial charge is 0.417 e. The molecule has 138 valence electrons. The van der Waals surface area contributed by atoms with Gasteiger partial charge in [0, 0.05) is 19.3 Å². The first-order valence-electron chi connectivity index (χ1n) is 8.34. The number of anilines is 1. The molecule has 0 aromatic carbocycles. The number of carbonyl (C=O) groups is 1. The highest BCUT2D eigenvalue weighted by molar-refractivity contribution is 5.70. The number of amides is 1. The Labute approximate surface area is 144 Å². The van der Waals surface area contributed by atoms with Crippen LogP contribution in [0.5, 0.6) is 0 Å². The topological polar surface area (TPSA) is 45.7 Å². The minimum atomic E-state index is -4.39. The van der Waals surface area contributed by atoms with Gasteiger partial charge in [0.25, 0.3) is 0 Å². The number of hydrogen-bond acceptors (Lipinski definition) is 4. The first kappa shape index (κ1) is 17.8. The van der Waals surface area contributed by atoms with Gasteiger partial charge in [-0.2, -0.15) is 13.2 Å². The predicted molar refractivity (Wildman–Crippen MR) is 86.3 cm³/mol. The Morgan fingerprint density at radius 1 is 1.16 bits per heavy atom. The van der Waals surface area contributed by atoms with Gasteiger partial charge >= 0.3 is 12.3 Å². The Hall–Kier alpha value is -1.99. The van der Waals surface area contributed by atoms with Crippen molar-refractivity contribution in [2.45, 2.75) is 57.5 Å². The van der Waals surface area contributed by atoms with E-state index < -0.39 is 17.3 Å². The van der Waals surface area contributed by atoms with E-state index in [4.69, 9.17) is 4.74 Å². The van der Waals surface area contributed by atoms with Gasteiger partial charge in [0.15, 0.2) is 0 Å². The van der Waals surface area contributed by atoms with Gasteiger partial charge in [-0.05, 0) is 45.7 Å². The maximum absolute atomic E-state index is 12.7. The van der Waals surface area contributed by atoms with Crippen LogP contribution in [0.3, 0.4) is 0 Å². The molecule has 25 heavy (non-hydrogen) atoms. The van der Waals surface area contributed by atoms with Crippen LogP contribution in [0.25, 0.3) is 0 Å². The van der Waals surface area contributed by atoms with Crippen LogP contribution in [0.2, 0.25) is 0 Å². The zero-order chi connectivity index (χ0) is 18.4. The van der Waals surface area contributed by atoms with E-state index in [2.05, 4.69) is 4.98 Å². The molecule has 2 unspecified atom stereocenters. The van der Waals surface area contributed by atoms with Crippen molar-refractivity contribution < 1.29 is 22.7 Å². The fourth-order valence-electron chi connectivity index (χ4n) is 3.44. The highest BCUT2D eigenvalue weighted by Gasteiger charge is 2.44. The number of pyridine rings is 1. The molecule has 2 atom stereocenters. The van der Waals surface area contributed by atoms with Crippen LogP contribution in [0.1, 0.15) is 39.2 Å². The molecule has 2 bridgehead atoms. The van der Waals surface area contributed by atoms with Gasteiger partial charge in [0.1, 0.15) is 11.4 Å². The number of ether oxygens (including phenoxy) is 1. The van der Waals surface area contributed by atoms with E-state index >= 15 is 0 Å². The van der Waals surface area contributed by atoms with Crippen LogP contribution in [-0.4, -0.2) is 46.8 Å². The summed E-state index contributed by atoms with van der Waals surface area (Å²) in [6, 6.07) is 2.44. The molecular weight excluding hydrogens is 335 g/mol. The minimum Gasteiger partial charge on any atom is -0.444 e. The Morgan fingerprint density at radius 2 is 1.76 bits per heavy atom. The van der Waals surface area contributed by atoms with Gasteiger partial charge in [-0.15, -0.1) is 0 Å². The van der Waals surface area contributed by atoms with Gasteiger partial charge < -0.3 is 9.64 Å². The van der Waals surface area contributed by atoms with Gasteiger partial charge in [-0.3, -0.25) is 4.90 Å². The van der Waals surface area contributed by atoms with Crippen molar-refractivity contribution in [3.05, 3.63) is 23.9 Å². The minimum absolute atomic E-state index is 0.00214. The lowest BCUT2D eigenvalue weighted by Gasteiger charge is -2.41. The molecule has 5 nitrogen and oxygen atoms in total. The summed E-state index contributed by atoms with van der Waals surface area (Å²) in [7, 11) is 0. The van der Waals surface area contributed by atoms with Crippen molar-refractivity contribution in [1.82, 2.24) is 9.88 Å². The van der Waals surface area contributed by atoms with Crippen LogP contribution in [0.15, 0.2) is 18.3 Å². The Kier molecular flexibility index (Phi) is 4.33. The average Bonchev–Trinajstić information content (AvgIpc) is 2.75. The van der Waals surface area contributed by atoms with E-state index in [-0.39, 0.29) is 18.2 Å². The van der Waals surface area contributed by atoms with Crippen LogP contribution >= 0.6 is 0 Å². The molecule has 3 rings (SSSR count). The molecule has 0 spiro atoms. The normalized spacial score (nSPS) is 23.8. The molecule has 2 aliphatic rings. The zero-order valence-electron chi connectivity index (χ0n) is 14.5. The van der Waals surface area contributed by atoms with Gasteiger partial charge in [-0.25, -0.2) is 9.78 Å². The third kappa shape index (κ3) is 3.82. The number of alkyl halides is 3. The summed E-state index contributed by atoms with van der Waals surface area (Å²) in [5, 5.41) is 0. The molecule has 2 aliphatic heterocycles. The summed E-state index contributed by atoms with van der Waals surface area (Å²) in [5.74, 6) is 0.508. The van der Waals surface area contributed by atoms with Crippen LogP contribution in [-0.2, 0) is 10.9 Å². The molecule has 0 N–H and O–H groups in total. The van der Waals surface area contributed by atoms with Crippen molar-refractivity contribution in [3.8, 4) is 0 Å². The number of carbonyl (C=O) groups excluding carboxylic acids is 1. The van der Waals surface area contributed by atoms with Crippen molar-refractivity contribution in [2.24, 2.45) is 0 Å². The second kappa shape index (κ2) is 6.07. The summed E-state index contributed by atoms with van der Waals surface area (Å²) in [5.41, 5.74) is -1.31. The molecule has 0 aliphatic carbocycles. The van der Waals surface area contributed by atoms with E-state index in [9.17, 15) is 18.0 Å². The molecule has 1 aromatic heterocycles. The predicted octanol–water partition coefficient (Wildman–Crippen LogP) is 3.69. The van der Waals surface area contributed by atoms with Crippen LogP contribution in [0, 0.1) is 0 Å². The second-order valence-electron chi connectivity index (χ2n) is 7.58. The Balaban J connectivity index is 1.70. The third-order valence-electron chi connectivity index (χ3n) is 4.49. The number of rotatable bonds is 1. The van der Waals surface area contributed by atoms with Crippen molar-refractivity contribution >= 4 is 11.9 Å². The fourth-order valence-corrected chi connectivity index (χ4v) is 3.44. The number of hydrogen-bond donors (Lipinski definition) is 0. The maximum atomic E-state index is 12.7. The molecule has 2 saturated heterocycles. The molecule has 8 heteroatoms. The molecule has 1 aromatic rings. The molecule has 1 amide bonds. The quantitative estimate of drug-likeness (QED) is 0.769. The lowest BCUT2D eigenvalue weighted by atomic mass is 10.2. The molecular formula is C17H22F3N3O2. The summed E-state index contributed by atoms with van der Waals surface area (Å²) in [4.78, 5) is 20.1. The Bertz CT molecular complexity index is 626. The van der Waals surface area contributed by atoms with Gasteiger partial charge in [-0.1, -0.05) is 0 Å². The largest absolute Gasteiger partial charge is 0.444 e. The van der Waals surface area contributed by atoms with Gasteiger partial charge in [0.05, 0.1) is 17.6 Å². The third-order valence-corrected chi connectivity index (χ3v) is 4.49. The summed E-state index contributed by atoms with van der Waals surface area (Å²) < 4.78 is 43.5. The van der Waals surface area contributed by atoms with Crippen molar-refractivity contribution in [2.75, 3.05) is 18.0 Å². The number of nitrogens with zero attached hydrogens (tertiary/aromatic N) is 3. The summed E-state index contributed by atoms with van der Waals surface area (Å²) in [6.45, 7) is 6.59. The second-order valence-corrected chi connectivity index (χ2v) is 7.58.